The van der Waals surface area contributed by atoms with Gasteiger partial charge in [0, 0.05) is 32.3 Å². The molecule has 1 aromatic carbocycles. The van der Waals surface area contributed by atoms with Gasteiger partial charge in [0.15, 0.2) is 0 Å². The Kier molecular flexibility index (Phi) is 8.47. The van der Waals surface area contributed by atoms with Gasteiger partial charge in [-0.05, 0) is 30.7 Å². The summed E-state index contributed by atoms with van der Waals surface area (Å²) in [6.07, 6.45) is 2.13. The third-order valence-electron chi connectivity index (χ3n) is 3.12. The summed E-state index contributed by atoms with van der Waals surface area (Å²) in [5.74, 6) is 0.764. The smallest absolute Gasteiger partial charge is 0.253 e. The van der Waals surface area contributed by atoms with Crippen LogP contribution in [0.2, 0.25) is 0 Å². The highest BCUT2D eigenvalue weighted by Crippen LogP contribution is 2.14. The molecule has 0 aliphatic carbocycles. The maximum absolute atomic E-state index is 12.4. The van der Waals surface area contributed by atoms with Gasteiger partial charge in [0.1, 0.15) is 5.75 Å². The maximum Gasteiger partial charge on any atom is 0.253 e. The van der Waals surface area contributed by atoms with Crippen molar-refractivity contribution in [1.29, 1.82) is 0 Å². The number of hydrogen-bond acceptors (Lipinski definition) is 4. The molecule has 5 nitrogen and oxygen atoms in total. The number of methoxy groups -OCH3 is 1. The molecule has 1 amide bonds. The number of unbranched alkanes of at least 4 members (excludes halogenated alkanes) is 1. The predicted molar refractivity (Wildman–Crippen MR) is 83.7 cm³/mol. The summed E-state index contributed by atoms with van der Waals surface area (Å²) in [6, 6.07) is 7.25. The van der Waals surface area contributed by atoms with E-state index < -0.39 is 0 Å². The second-order valence-corrected chi connectivity index (χ2v) is 4.80. The largest absolute Gasteiger partial charge is 0.494 e. The standard InChI is InChI=1S/C16H26N2O3/c1-3-4-12-21-15-7-5-14(6-8-15)16(19)18(10-9-17)11-13-20-2/h5-8H,3-4,9-13,17H2,1-2H3. The fourth-order valence-electron chi connectivity index (χ4n) is 1.88. The van der Waals surface area contributed by atoms with Gasteiger partial charge in [-0.1, -0.05) is 13.3 Å². The Morgan fingerprint density at radius 3 is 2.48 bits per heavy atom. The monoisotopic (exact) mass is 294 g/mol. The van der Waals surface area contributed by atoms with Crippen molar-refractivity contribution in [3.8, 4) is 5.75 Å². The molecule has 0 atom stereocenters. The summed E-state index contributed by atoms with van der Waals surface area (Å²) >= 11 is 0. The molecule has 0 aromatic heterocycles. The third-order valence-corrected chi connectivity index (χ3v) is 3.12. The molecule has 21 heavy (non-hydrogen) atoms. The molecule has 2 N–H and O–H groups in total. The number of rotatable bonds is 10. The molecule has 1 rings (SSSR count). The Hall–Kier alpha value is -1.59. The van der Waals surface area contributed by atoms with Gasteiger partial charge in [-0.3, -0.25) is 4.79 Å². The van der Waals surface area contributed by atoms with E-state index in [2.05, 4.69) is 6.92 Å². The fraction of sp³-hybridized carbons (Fsp3) is 0.562. The first kappa shape index (κ1) is 17.5. The summed E-state index contributed by atoms with van der Waals surface area (Å²) in [5, 5.41) is 0. The molecular weight excluding hydrogens is 268 g/mol. The van der Waals surface area contributed by atoms with Crippen LogP contribution in [0.1, 0.15) is 30.1 Å². The summed E-state index contributed by atoms with van der Waals surface area (Å²) in [5.41, 5.74) is 6.20. The van der Waals surface area contributed by atoms with E-state index in [-0.39, 0.29) is 5.91 Å². The van der Waals surface area contributed by atoms with E-state index in [1.54, 1.807) is 24.1 Å². The van der Waals surface area contributed by atoms with Gasteiger partial charge in [0.2, 0.25) is 0 Å². The van der Waals surface area contributed by atoms with Crippen LogP contribution in [0.5, 0.6) is 5.75 Å². The molecule has 0 spiro atoms. The quantitative estimate of drug-likeness (QED) is 0.670. The van der Waals surface area contributed by atoms with Gasteiger partial charge in [0.05, 0.1) is 13.2 Å². The average molecular weight is 294 g/mol. The first-order valence-corrected chi connectivity index (χ1v) is 7.44. The molecular formula is C16H26N2O3. The zero-order valence-corrected chi connectivity index (χ0v) is 13.0. The Bertz CT molecular complexity index is 406. The highest BCUT2D eigenvalue weighted by atomic mass is 16.5. The van der Waals surface area contributed by atoms with Crippen LogP contribution in [-0.2, 0) is 4.74 Å². The lowest BCUT2D eigenvalue weighted by atomic mass is 10.2. The number of nitrogens with zero attached hydrogens (tertiary/aromatic N) is 1. The van der Waals surface area contributed by atoms with Crippen LogP contribution in [-0.4, -0.2) is 50.8 Å². The van der Waals surface area contributed by atoms with Crippen molar-refractivity contribution in [1.82, 2.24) is 4.90 Å². The van der Waals surface area contributed by atoms with Gasteiger partial charge in [-0.2, -0.15) is 0 Å². The van der Waals surface area contributed by atoms with Crippen molar-refractivity contribution in [2.75, 3.05) is 40.0 Å². The summed E-state index contributed by atoms with van der Waals surface area (Å²) < 4.78 is 10.6. The van der Waals surface area contributed by atoms with Gasteiger partial charge >= 0.3 is 0 Å². The lowest BCUT2D eigenvalue weighted by molar-refractivity contribution is 0.0701. The molecule has 0 unspecified atom stereocenters. The zero-order chi connectivity index (χ0) is 15.5. The maximum atomic E-state index is 12.4. The van der Waals surface area contributed by atoms with Gasteiger partial charge in [-0.25, -0.2) is 0 Å². The second-order valence-electron chi connectivity index (χ2n) is 4.80. The normalized spacial score (nSPS) is 10.4. The lowest BCUT2D eigenvalue weighted by Gasteiger charge is -2.21. The number of benzene rings is 1. The van der Waals surface area contributed by atoms with Crippen LogP contribution in [0, 0.1) is 0 Å². The minimum absolute atomic E-state index is 0.0300. The van der Waals surface area contributed by atoms with E-state index in [9.17, 15) is 4.79 Å². The van der Waals surface area contributed by atoms with Crippen molar-refractivity contribution < 1.29 is 14.3 Å². The van der Waals surface area contributed by atoms with Crippen molar-refractivity contribution in [3.63, 3.8) is 0 Å². The van der Waals surface area contributed by atoms with Crippen molar-refractivity contribution in [3.05, 3.63) is 29.8 Å². The number of carbonyl (C=O) groups excluding carboxylic acids is 1. The zero-order valence-electron chi connectivity index (χ0n) is 13.0. The summed E-state index contributed by atoms with van der Waals surface area (Å²) in [4.78, 5) is 14.1. The van der Waals surface area contributed by atoms with Gasteiger partial charge in [0.25, 0.3) is 5.91 Å². The SMILES string of the molecule is CCCCOc1ccc(C(=O)N(CCN)CCOC)cc1. The minimum atomic E-state index is -0.0300. The molecule has 5 heteroatoms. The number of ether oxygens (including phenoxy) is 2. The minimum Gasteiger partial charge on any atom is -0.494 e. The van der Waals surface area contributed by atoms with E-state index in [0.29, 0.717) is 38.4 Å². The van der Waals surface area contributed by atoms with Crippen LogP contribution >= 0.6 is 0 Å². The van der Waals surface area contributed by atoms with E-state index in [1.807, 2.05) is 12.1 Å². The Balaban J connectivity index is 2.62. The molecule has 0 fully saturated rings. The molecule has 0 heterocycles. The van der Waals surface area contributed by atoms with Crippen LogP contribution in [0.15, 0.2) is 24.3 Å². The summed E-state index contributed by atoms with van der Waals surface area (Å²) in [7, 11) is 1.62. The van der Waals surface area contributed by atoms with Crippen LogP contribution in [0.25, 0.3) is 0 Å². The fourth-order valence-corrected chi connectivity index (χ4v) is 1.88. The molecule has 0 saturated carbocycles. The van der Waals surface area contributed by atoms with Gasteiger partial charge < -0.3 is 20.1 Å². The first-order chi connectivity index (χ1) is 10.2. The highest BCUT2D eigenvalue weighted by Gasteiger charge is 2.14. The van der Waals surface area contributed by atoms with E-state index in [1.165, 1.54) is 0 Å². The molecule has 1 aromatic rings. The van der Waals surface area contributed by atoms with Crippen molar-refractivity contribution >= 4 is 5.91 Å². The molecule has 118 valence electrons. The average Bonchev–Trinajstić information content (AvgIpc) is 2.52. The molecule has 0 bridgehead atoms. The number of amides is 1. The molecule has 0 aliphatic heterocycles. The number of hydrogen-bond donors (Lipinski definition) is 1. The van der Waals surface area contributed by atoms with E-state index in [0.717, 1.165) is 18.6 Å². The number of nitrogens with two attached hydrogens (primary N) is 1. The van der Waals surface area contributed by atoms with Crippen molar-refractivity contribution in [2.45, 2.75) is 19.8 Å². The molecule has 0 saturated heterocycles. The third kappa shape index (κ3) is 6.14. The van der Waals surface area contributed by atoms with E-state index >= 15 is 0 Å². The highest BCUT2D eigenvalue weighted by molar-refractivity contribution is 5.94. The predicted octanol–water partition coefficient (Wildman–Crippen LogP) is 1.91. The van der Waals surface area contributed by atoms with Crippen molar-refractivity contribution in [2.24, 2.45) is 5.73 Å². The van der Waals surface area contributed by atoms with Crippen LogP contribution in [0.4, 0.5) is 0 Å². The first-order valence-electron chi connectivity index (χ1n) is 7.44. The van der Waals surface area contributed by atoms with Crippen LogP contribution in [0.3, 0.4) is 0 Å². The Morgan fingerprint density at radius 1 is 1.19 bits per heavy atom. The number of carbonyl (C=O) groups is 1. The molecule has 0 radical (unpaired) electrons. The second kappa shape index (κ2) is 10.2. The lowest BCUT2D eigenvalue weighted by Crippen LogP contribution is -2.37. The topological polar surface area (TPSA) is 64.8 Å². The Labute approximate surface area is 127 Å². The van der Waals surface area contributed by atoms with Crippen LogP contribution < -0.4 is 10.5 Å². The van der Waals surface area contributed by atoms with Gasteiger partial charge in [-0.15, -0.1) is 0 Å². The Morgan fingerprint density at radius 2 is 1.90 bits per heavy atom. The summed E-state index contributed by atoms with van der Waals surface area (Å²) in [6.45, 7) is 4.84. The van der Waals surface area contributed by atoms with E-state index in [4.69, 9.17) is 15.2 Å². The molecule has 0 aliphatic rings.